The van der Waals surface area contributed by atoms with Gasteiger partial charge in [0.1, 0.15) is 11.6 Å². The first-order valence-corrected chi connectivity index (χ1v) is 7.20. The van der Waals surface area contributed by atoms with E-state index in [1.165, 1.54) is 35.2 Å². The number of carbonyl (C=O) groups is 1. The van der Waals surface area contributed by atoms with Crippen LogP contribution in [0.15, 0.2) is 42.5 Å². The number of halogens is 3. The lowest BCUT2D eigenvalue weighted by atomic mass is 10.0. The molecule has 0 saturated heterocycles. The molecule has 0 saturated carbocycles. The Morgan fingerprint density at radius 3 is 2.74 bits per heavy atom. The van der Waals surface area contributed by atoms with E-state index < -0.39 is 18.3 Å². The number of benzene rings is 2. The standard InChI is InChI=1S/C17H14F3NO2/c18-14-8-2-4-11-6-3-9-21(15(11)14)16(22)12-5-1-7-13(10-12)23-17(19)20/h1-2,4-5,7-8,10,17H,3,6,9H2. The number of para-hydroxylation sites is 1. The summed E-state index contributed by atoms with van der Waals surface area (Å²) in [7, 11) is 0. The molecular formula is C17H14F3NO2. The molecule has 1 amide bonds. The lowest BCUT2D eigenvalue weighted by Gasteiger charge is -2.30. The van der Waals surface area contributed by atoms with Gasteiger partial charge in [-0.15, -0.1) is 0 Å². The summed E-state index contributed by atoms with van der Waals surface area (Å²) in [6.07, 6.45) is 1.42. The fourth-order valence-corrected chi connectivity index (χ4v) is 2.77. The molecule has 3 nitrogen and oxygen atoms in total. The van der Waals surface area contributed by atoms with Gasteiger partial charge in [0, 0.05) is 12.1 Å². The summed E-state index contributed by atoms with van der Waals surface area (Å²) in [5, 5.41) is 0. The number of nitrogens with zero attached hydrogens (tertiary/aromatic N) is 1. The fourth-order valence-electron chi connectivity index (χ4n) is 2.77. The zero-order valence-corrected chi connectivity index (χ0v) is 12.1. The van der Waals surface area contributed by atoms with Gasteiger partial charge in [-0.3, -0.25) is 4.79 Å². The Kier molecular flexibility index (Phi) is 4.23. The Labute approximate surface area is 131 Å². The average molecular weight is 321 g/mol. The maximum atomic E-state index is 14.1. The summed E-state index contributed by atoms with van der Waals surface area (Å²) in [6, 6.07) is 10.2. The van der Waals surface area contributed by atoms with Crippen molar-refractivity contribution in [2.75, 3.05) is 11.4 Å². The van der Waals surface area contributed by atoms with Crippen LogP contribution in [0.5, 0.6) is 5.75 Å². The highest BCUT2D eigenvalue weighted by Crippen LogP contribution is 2.31. The van der Waals surface area contributed by atoms with Gasteiger partial charge in [0.05, 0.1) is 5.69 Å². The molecule has 6 heteroatoms. The van der Waals surface area contributed by atoms with Crippen LogP contribution >= 0.6 is 0 Å². The van der Waals surface area contributed by atoms with Crippen LogP contribution < -0.4 is 9.64 Å². The van der Waals surface area contributed by atoms with E-state index in [-0.39, 0.29) is 17.0 Å². The van der Waals surface area contributed by atoms with E-state index >= 15 is 0 Å². The van der Waals surface area contributed by atoms with E-state index in [2.05, 4.69) is 4.74 Å². The summed E-state index contributed by atoms with van der Waals surface area (Å²) in [4.78, 5) is 14.0. The van der Waals surface area contributed by atoms with Crippen LogP contribution in [0.4, 0.5) is 18.9 Å². The summed E-state index contributed by atoms with van der Waals surface area (Å²) >= 11 is 0. The normalized spacial score (nSPS) is 13.8. The van der Waals surface area contributed by atoms with Gasteiger partial charge in [-0.2, -0.15) is 8.78 Å². The van der Waals surface area contributed by atoms with Crippen LogP contribution in [0, 0.1) is 5.82 Å². The minimum absolute atomic E-state index is 0.100. The Morgan fingerprint density at radius 2 is 1.96 bits per heavy atom. The van der Waals surface area contributed by atoms with Crippen molar-refractivity contribution in [3.8, 4) is 5.75 Å². The van der Waals surface area contributed by atoms with E-state index in [9.17, 15) is 18.0 Å². The van der Waals surface area contributed by atoms with E-state index in [1.54, 1.807) is 12.1 Å². The molecule has 0 bridgehead atoms. The summed E-state index contributed by atoms with van der Waals surface area (Å²) < 4.78 is 43.0. The second-order valence-electron chi connectivity index (χ2n) is 5.21. The first kappa shape index (κ1) is 15.4. The number of anilines is 1. The third-order valence-electron chi connectivity index (χ3n) is 3.72. The number of carbonyl (C=O) groups excluding carboxylic acids is 1. The Balaban J connectivity index is 1.93. The number of fused-ring (bicyclic) bond motifs is 1. The van der Waals surface area contributed by atoms with Crippen molar-refractivity contribution in [2.24, 2.45) is 0 Å². The molecule has 0 atom stereocenters. The van der Waals surface area contributed by atoms with Crippen molar-refractivity contribution in [3.63, 3.8) is 0 Å². The number of aryl methyl sites for hydroxylation is 1. The third kappa shape index (κ3) is 3.16. The molecule has 0 aromatic heterocycles. The number of amides is 1. The lowest BCUT2D eigenvalue weighted by molar-refractivity contribution is -0.0498. The van der Waals surface area contributed by atoms with E-state index in [0.29, 0.717) is 13.0 Å². The van der Waals surface area contributed by atoms with Gasteiger partial charge in [-0.1, -0.05) is 18.2 Å². The first-order chi connectivity index (χ1) is 11.1. The Morgan fingerprint density at radius 1 is 1.17 bits per heavy atom. The second-order valence-corrected chi connectivity index (χ2v) is 5.21. The number of hydrogen-bond acceptors (Lipinski definition) is 2. The highest BCUT2D eigenvalue weighted by atomic mass is 19.3. The summed E-state index contributed by atoms with van der Waals surface area (Å²) in [5.41, 5.74) is 1.22. The van der Waals surface area contributed by atoms with Crippen LogP contribution in [-0.2, 0) is 6.42 Å². The highest BCUT2D eigenvalue weighted by Gasteiger charge is 2.26. The maximum absolute atomic E-state index is 14.1. The molecule has 0 aliphatic carbocycles. The number of alkyl halides is 2. The summed E-state index contributed by atoms with van der Waals surface area (Å²) in [5.74, 6) is -0.997. The van der Waals surface area contributed by atoms with Crippen LogP contribution in [0.1, 0.15) is 22.3 Å². The van der Waals surface area contributed by atoms with Gasteiger partial charge >= 0.3 is 6.61 Å². The molecule has 0 N–H and O–H groups in total. The third-order valence-corrected chi connectivity index (χ3v) is 3.72. The van der Waals surface area contributed by atoms with E-state index in [4.69, 9.17) is 0 Å². The molecule has 0 unspecified atom stereocenters. The van der Waals surface area contributed by atoms with Gasteiger partial charge in [-0.25, -0.2) is 4.39 Å². The molecule has 2 aromatic carbocycles. The molecule has 0 fully saturated rings. The SMILES string of the molecule is O=C(c1cccc(OC(F)F)c1)N1CCCc2cccc(F)c21. The summed E-state index contributed by atoms with van der Waals surface area (Å²) in [6.45, 7) is -2.58. The quantitative estimate of drug-likeness (QED) is 0.854. The maximum Gasteiger partial charge on any atom is 0.387 e. The van der Waals surface area contributed by atoms with Crippen molar-refractivity contribution in [3.05, 3.63) is 59.4 Å². The lowest BCUT2D eigenvalue weighted by Crippen LogP contribution is -2.36. The second kappa shape index (κ2) is 6.32. The molecule has 3 rings (SSSR count). The van der Waals surface area contributed by atoms with Crippen molar-refractivity contribution in [1.82, 2.24) is 0 Å². The molecule has 1 aliphatic heterocycles. The first-order valence-electron chi connectivity index (χ1n) is 7.20. The minimum Gasteiger partial charge on any atom is -0.435 e. The molecule has 1 heterocycles. The molecule has 1 aliphatic rings. The molecule has 0 radical (unpaired) electrons. The largest absolute Gasteiger partial charge is 0.435 e. The van der Waals surface area contributed by atoms with Gasteiger partial charge in [0.2, 0.25) is 0 Å². The topological polar surface area (TPSA) is 29.5 Å². The van der Waals surface area contributed by atoms with Gasteiger partial charge < -0.3 is 9.64 Å². The number of ether oxygens (including phenoxy) is 1. The highest BCUT2D eigenvalue weighted by molar-refractivity contribution is 6.07. The molecule has 2 aromatic rings. The van der Waals surface area contributed by atoms with Crippen LogP contribution in [0.2, 0.25) is 0 Å². The number of hydrogen-bond donors (Lipinski definition) is 0. The molecular weight excluding hydrogens is 307 g/mol. The average Bonchev–Trinajstić information content (AvgIpc) is 2.53. The predicted molar refractivity (Wildman–Crippen MR) is 79.5 cm³/mol. The van der Waals surface area contributed by atoms with Crippen LogP contribution in [0.25, 0.3) is 0 Å². The number of rotatable bonds is 3. The molecule has 0 spiro atoms. The van der Waals surface area contributed by atoms with E-state index in [1.807, 2.05) is 0 Å². The van der Waals surface area contributed by atoms with Crippen molar-refractivity contribution in [2.45, 2.75) is 19.5 Å². The Bertz CT molecular complexity index is 734. The zero-order valence-electron chi connectivity index (χ0n) is 12.1. The predicted octanol–water partition coefficient (Wildman–Crippen LogP) is 4.02. The zero-order chi connectivity index (χ0) is 16.4. The van der Waals surface area contributed by atoms with Crippen LogP contribution in [-0.4, -0.2) is 19.1 Å². The monoisotopic (exact) mass is 321 g/mol. The van der Waals surface area contributed by atoms with Gasteiger partial charge in [0.15, 0.2) is 0 Å². The van der Waals surface area contributed by atoms with Crippen LogP contribution in [0.3, 0.4) is 0 Å². The molecule has 23 heavy (non-hydrogen) atoms. The Hall–Kier alpha value is -2.50. The van der Waals surface area contributed by atoms with Gasteiger partial charge in [0.25, 0.3) is 5.91 Å². The smallest absolute Gasteiger partial charge is 0.387 e. The molecule has 120 valence electrons. The van der Waals surface area contributed by atoms with Gasteiger partial charge in [-0.05, 0) is 42.7 Å². The van der Waals surface area contributed by atoms with Crippen molar-refractivity contribution in [1.29, 1.82) is 0 Å². The van der Waals surface area contributed by atoms with E-state index in [0.717, 1.165) is 12.0 Å². The van der Waals surface area contributed by atoms with Crippen molar-refractivity contribution < 1.29 is 22.7 Å². The van der Waals surface area contributed by atoms with Crippen molar-refractivity contribution >= 4 is 11.6 Å². The minimum atomic E-state index is -2.96. The fraction of sp³-hybridized carbons (Fsp3) is 0.235.